The SMILES string of the molecule is C=CC(=O)O/C=C\Oc1ccc(-c2ccc(-c3ccc(OC(=O)C=C)cc3F)cc2F)cc1. The van der Waals surface area contributed by atoms with Gasteiger partial charge in [-0.2, -0.15) is 0 Å². The average Bonchev–Trinajstić information content (AvgIpc) is 2.82. The van der Waals surface area contributed by atoms with Crippen LogP contribution in [-0.2, 0) is 14.3 Å². The van der Waals surface area contributed by atoms with Crippen molar-refractivity contribution in [3.05, 3.63) is 110 Å². The van der Waals surface area contributed by atoms with Gasteiger partial charge in [-0.3, -0.25) is 0 Å². The van der Waals surface area contributed by atoms with E-state index in [1.807, 2.05) is 0 Å². The molecule has 0 aliphatic heterocycles. The molecule has 0 saturated heterocycles. The predicted octanol–water partition coefficient (Wildman–Crippen LogP) is 5.97. The molecular formula is C26H18F2O5. The molecule has 0 bridgehead atoms. The molecule has 166 valence electrons. The van der Waals surface area contributed by atoms with Crippen molar-refractivity contribution < 1.29 is 32.6 Å². The quantitative estimate of drug-likeness (QED) is 0.184. The molecule has 0 atom stereocenters. The van der Waals surface area contributed by atoms with Crippen LogP contribution in [-0.4, -0.2) is 11.9 Å². The third-order valence-electron chi connectivity index (χ3n) is 4.38. The first kappa shape index (κ1) is 23.1. The zero-order chi connectivity index (χ0) is 23.8. The van der Waals surface area contributed by atoms with Crippen LogP contribution in [0.1, 0.15) is 0 Å². The van der Waals surface area contributed by atoms with Crippen molar-refractivity contribution in [2.75, 3.05) is 0 Å². The summed E-state index contributed by atoms with van der Waals surface area (Å²) in [6, 6.07) is 14.8. The predicted molar refractivity (Wildman–Crippen MR) is 119 cm³/mol. The molecule has 0 radical (unpaired) electrons. The fourth-order valence-corrected chi connectivity index (χ4v) is 2.83. The molecule has 5 nitrogen and oxygen atoms in total. The van der Waals surface area contributed by atoms with E-state index in [-0.39, 0.29) is 11.3 Å². The molecule has 0 heterocycles. The number of halogens is 2. The summed E-state index contributed by atoms with van der Waals surface area (Å²) in [5.41, 5.74) is 1.39. The summed E-state index contributed by atoms with van der Waals surface area (Å²) in [6.45, 7) is 6.55. The Balaban J connectivity index is 1.74. The lowest BCUT2D eigenvalue weighted by molar-refractivity contribution is -0.132. The normalized spacial score (nSPS) is 10.5. The number of rotatable bonds is 8. The van der Waals surface area contributed by atoms with Gasteiger partial charge in [0, 0.05) is 29.3 Å². The van der Waals surface area contributed by atoms with E-state index in [2.05, 4.69) is 17.9 Å². The van der Waals surface area contributed by atoms with Gasteiger partial charge in [-0.05, 0) is 41.5 Å². The fourth-order valence-electron chi connectivity index (χ4n) is 2.83. The Morgan fingerprint density at radius 1 is 0.697 bits per heavy atom. The topological polar surface area (TPSA) is 61.8 Å². The number of ether oxygens (including phenoxy) is 3. The van der Waals surface area contributed by atoms with Crippen LogP contribution in [0.15, 0.2) is 98.5 Å². The highest BCUT2D eigenvalue weighted by Crippen LogP contribution is 2.31. The molecule has 3 aromatic carbocycles. The van der Waals surface area contributed by atoms with Crippen LogP contribution in [0.5, 0.6) is 11.5 Å². The molecule has 7 heteroatoms. The first-order valence-corrected chi connectivity index (χ1v) is 9.60. The summed E-state index contributed by atoms with van der Waals surface area (Å²) in [6.07, 6.45) is 4.24. The summed E-state index contributed by atoms with van der Waals surface area (Å²) in [7, 11) is 0. The number of benzene rings is 3. The lowest BCUT2D eigenvalue weighted by Gasteiger charge is -2.09. The molecule has 0 aromatic heterocycles. The summed E-state index contributed by atoms with van der Waals surface area (Å²) < 4.78 is 44.1. The first-order chi connectivity index (χ1) is 15.9. The fraction of sp³-hybridized carbons (Fsp3) is 0. The van der Waals surface area contributed by atoms with Crippen LogP contribution >= 0.6 is 0 Å². The van der Waals surface area contributed by atoms with Crippen molar-refractivity contribution in [3.8, 4) is 33.8 Å². The zero-order valence-electron chi connectivity index (χ0n) is 17.3. The van der Waals surface area contributed by atoms with Crippen LogP contribution < -0.4 is 9.47 Å². The van der Waals surface area contributed by atoms with Crippen molar-refractivity contribution in [1.29, 1.82) is 0 Å². The molecule has 3 aromatic rings. The monoisotopic (exact) mass is 448 g/mol. The highest BCUT2D eigenvalue weighted by Gasteiger charge is 2.12. The minimum Gasteiger partial charge on any atom is -0.462 e. The van der Waals surface area contributed by atoms with E-state index in [4.69, 9.17) is 9.47 Å². The third-order valence-corrected chi connectivity index (χ3v) is 4.38. The van der Waals surface area contributed by atoms with Gasteiger partial charge in [-0.1, -0.05) is 37.4 Å². The maximum Gasteiger partial charge on any atom is 0.335 e. The zero-order valence-corrected chi connectivity index (χ0v) is 17.3. The Morgan fingerprint density at radius 3 is 1.91 bits per heavy atom. The van der Waals surface area contributed by atoms with E-state index in [0.717, 1.165) is 24.5 Å². The summed E-state index contributed by atoms with van der Waals surface area (Å²) in [5.74, 6) is -2.06. The highest BCUT2D eigenvalue weighted by atomic mass is 19.1. The Kier molecular flexibility index (Phi) is 7.49. The van der Waals surface area contributed by atoms with E-state index >= 15 is 0 Å². The van der Waals surface area contributed by atoms with E-state index in [9.17, 15) is 18.4 Å². The van der Waals surface area contributed by atoms with Crippen molar-refractivity contribution in [2.24, 2.45) is 0 Å². The minimum atomic E-state index is -0.707. The second-order valence-electron chi connectivity index (χ2n) is 6.52. The van der Waals surface area contributed by atoms with Crippen molar-refractivity contribution in [3.63, 3.8) is 0 Å². The van der Waals surface area contributed by atoms with Gasteiger partial charge in [0.1, 0.15) is 35.7 Å². The van der Waals surface area contributed by atoms with Crippen molar-refractivity contribution in [2.45, 2.75) is 0 Å². The molecule has 33 heavy (non-hydrogen) atoms. The molecule has 3 rings (SSSR count). The van der Waals surface area contributed by atoms with Gasteiger partial charge in [-0.25, -0.2) is 18.4 Å². The number of hydrogen-bond donors (Lipinski definition) is 0. The second kappa shape index (κ2) is 10.7. The number of carbonyl (C=O) groups is 2. The molecule has 0 saturated carbocycles. The van der Waals surface area contributed by atoms with Crippen molar-refractivity contribution >= 4 is 11.9 Å². The number of esters is 2. The van der Waals surface area contributed by atoms with Gasteiger partial charge >= 0.3 is 11.9 Å². The molecule has 0 aliphatic carbocycles. The minimum absolute atomic E-state index is 0.0225. The van der Waals surface area contributed by atoms with Gasteiger partial charge < -0.3 is 14.2 Å². The van der Waals surface area contributed by atoms with Gasteiger partial charge in [0.15, 0.2) is 0 Å². The van der Waals surface area contributed by atoms with Crippen LogP contribution in [0, 0.1) is 11.6 Å². The maximum atomic E-state index is 14.8. The second-order valence-corrected chi connectivity index (χ2v) is 6.52. The molecule has 0 fully saturated rings. The summed E-state index contributed by atoms with van der Waals surface area (Å²) in [4.78, 5) is 22.2. The lowest BCUT2D eigenvalue weighted by atomic mass is 9.99. The number of hydrogen-bond acceptors (Lipinski definition) is 5. The standard InChI is InChI=1S/C26H18F2O5/c1-3-25(29)32-14-13-31-19-8-5-17(6-9-19)21-11-7-18(15-23(21)27)22-12-10-20(16-24(22)28)33-26(30)4-2/h3-16H,1-2H2/b14-13-. The largest absolute Gasteiger partial charge is 0.462 e. The van der Waals surface area contributed by atoms with Gasteiger partial charge in [-0.15, -0.1) is 0 Å². The van der Waals surface area contributed by atoms with E-state index in [1.165, 1.54) is 24.5 Å². The maximum absolute atomic E-state index is 14.8. The Hall–Kier alpha value is -4.52. The lowest BCUT2D eigenvalue weighted by Crippen LogP contribution is -2.03. The van der Waals surface area contributed by atoms with E-state index in [1.54, 1.807) is 36.4 Å². The van der Waals surface area contributed by atoms with Gasteiger partial charge in [0.25, 0.3) is 0 Å². The van der Waals surface area contributed by atoms with Gasteiger partial charge in [0.2, 0.25) is 0 Å². The van der Waals surface area contributed by atoms with Crippen LogP contribution in [0.2, 0.25) is 0 Å². The molecule has 0 spiro atoms. The average molecular weight is 448 g/mol. The summed E-state index contributed by atoms with van der Waals surface area (Å²) in [5, 5.41) is 0. The van der Waals surface area contributed by atoms with E-state index < -0.39 is 23.6 Å². The van der Waals surface area contributed by atoms with E-state index in [0.29, 0.717) is 22.4 Å². The van der Waals surface area contributed by atoms with Gasteiger partial charge in [0.05, 0.1) is 0 Å². The Bertz CT molecular complexity index is 1230. The third kappa shape index (κ3) is 6.01. The highest BCUT2D eigenvalue weighted by molar-refractivity contribution is 5.83. The summed E-state index contributed by atoms with van der Waals surface area (Å²) >= 11 is 0. The number of carbonyl (C=O) groups excluding carboxylic acids is 2. The Labute approximate surface area is 188 Å². The molecule has 0 amide bonds. The molecular weight excluding hydrogens is 430 g/mol. The Morgan fingerprint density at radius 2 is 1.27 bits per heavy atom. The van der Waals surface area contributed by atoms with Crippen LogP contribution in [0.3, 0.4) is 0 Å². The first-order valence-electron chi connectivity index (χ1n) is 9.60. The molecule has 0 aliphatic rings. The van der Waals surface area contributed by atoms with Crippen LogP contribution in [0.25, 0.3) is 22.3 Å². The smallest absolute Gasteiger partial charge is 0.335 e. The van der Waals surface area contributed by atoms with Crippen LogP contribution in [0.4, 0.5) is 8.78 Å². The molecule has 0 unspecified atom stereocenters. The molecule has 0 N–H and O–H groups in total. The van der Waals surface area contributed by atoms with Crippen molar-refractivity contribution in [1.82, 2.24) is 0 Å².